The predicted octanol–water partition coefficient (Wildman–Crippen LogP) is 5.91. The quantitative estimate of drug-likeness (QED) is 0.0580. The molecule has 0 saturated carbocycles. The molecule has 8 nitrogen and oxygen atoms in total. The molecule has 7 atom stereocenters. The van der Waals surface area contributed by atoms with Gasteiger partial charge in [-0.15, -0.1) is 0 Å². The van der Waals surface area contributed by atoms with E-state index in [-0.39, 0.29) is 12.7 Å². The molecule has 0 aliphatic carbocycles. The molecule has 0 aromatic carbocycles. The monoisotopic (exact) mass is 604 g/mol. The van der Waals surface area contributed by atoms with Gasteiger partial charge in [0.2, 0.25) is 0 Å². The standard InChI is InChI=1S/C34H68O8/c1-28(36)23-21-19-17-15-13-11-9-7-5-3-2-4-6-8-10-12-14-16-18-20-22-24-29(37)25-26-41-34-33(40)32(39)31(38)30(27-35)42-34/h28-40H,2-27H2,1H3/t28-,29-,30-,31-,32+,33-,34+/m1/s1. The fourth-order valence-electron chi connectivity index (χ4n) is 5.85. The molecule has 8 heteroatoms. The lowest BCUT2D eigenvalue weighted by atomic mass is 9.99. The summed E-state index contributed by atoms with van der Waals surface area (Å²) in [4.78, 5) is 0. The minimum Gasteiger partial charge on any atom is -0.394 e. The summed E-state index contributed by atoms with van der Waals surface area (Å²) in [6, 6.07) is 0. The van der Waals surface area contributed by atoms with Crippen molar-refractivity contribution in [3.63, 3.8) is 0 Å². The van der Waals surface area contributed by atoms with E-state index in [2.05, 4.69) is 0 Å². The number of rotatable bonds is 29. The highest BCUT2D eigenvalue weighted by molar-refractivity contribution is 4.88. The third kappa shape index (κ3) is 20.6. The highest BCUT2D eigenvalue weighted by Gasteiger charge is 2.43. The smallest absolute Gasteiger partial charge is 0.186 e. The molecule has 6 N–H and O–H groups in total. The highest BCUT2D eigenvalue weighted by atomic mass is 16.7. The zero-order chi connectivity index (χ0) is 30.8. The maximum Gasteiger partial charge on any atom is 0.186 e. The summed E-state index contributed by atoms with van der Waals surface area (Å²) < 4.78 is 10.8. The average molecular weight is 605 g/mol. The van der Waals surface area contributed by atoms with Crippen molar-refractivity contribution in [2.45, 2.75) is 204 Å². The minimum atomic E-state index is -1.44. The Morgan fingerprint density at radius 1 is 0.524 bits per heavy atom. The van der Waals surface area contributed by atoms with Gasteiger partial charge in [-0.05, 0) is 26.2 Å². The lowest BCUT2D eigenvalue weighted by Gasteiger charge is -2.39. The van der Waals surface area contributed by atoms with Crippen molar-refractivity contribution >= 4 is 0 Å². The average Bonchev–Trinajstić information content (AvgIpc) is 2.97. The first kappa shape index (κ1) is 39.7. The fourth-order valence-corrected chi connectivity index (χ4v) is 5.85. The van der Waals surface area contributed by atoms with Crippen molar-refractivity contribution in [2.24, 2.45) is 0 Å². The van der Waals surface area contributed by atoms with Gasteiger partial charge in [-0.3, -0.25) is 0 Å². The zero-order valence-electron chi connectivity index (χ0n) is 26.9. The number of hydrogen-bond donors (Lipinski definition) is 6. The molecule has 1 fully saturated rings. The third-order valence-electron chi connectivity index (χ3n) is 8.74. The second-order valence-corrected chi connectivity index (χ2v) is 12.9. The second-order valence-electron chi connectivity index (χ2n) is 12.9. The van der Waals surface area contributed by atoms with E-state index in [1.165, 1.54) is 122 Å². The molecule has 0 aromatic rings. The Balaban J connectivity index is 1.78. The molecule has 1 aliphatic rings. The van der Waals surface area contributed by atoms with Gasteiger partial charge in [-0.25, -0.2) is 0 Å². The van der Waals surface area contributed by atoms with Crippen molar-refractivity contribution in [1.82, 2.24) is 0 Å². The Morgan fingerprint density at radius 2 is 0.905 bits per heavy atom. The number of unbranched alkanes of at least 4 members (excludes halogenated alkanes) is 20. The fraction of sp³-hybridized carbons (Fsp3) is 1.00. The summed E-state index contributed by atoms with van der Waals surface area (Å²) in [6.45, 7) is 1.56. The molecule has 0 amide bonds. The van der Waals surface area contributed by atoms with Crippen molar-refractivity contribution in [1.29, 1.82) is 0 Å². The Kier molecular flexibility index (Phi) is 25.6. The molecular formula is C34H68O8. The highest BCUT2D eigenvalue weighted by Crippen LogP contribution is 2.22. The Labute approximate surface area is 257 Å². The summed E-state index contributed by atoms with van der Waals surface area (Å²) >= 11 is 0. The van der Waals surface area contributed by atoms with E-state index >= 15 is 0 Å². The van der Waals surface area contributed by atoms with Crippen LogP contribution in [0.5, 0.6) is 0 Å². The van der Waals surface area contributed by atoms with Crippen LogP contribution in [0.2, 0.25) is 0 Å². The Bertz CT molecular complexity index is 576. The van der Waals surface area contributed by atoms with Gasteiger partial charge in [-0.2, -0.15) is 0 Å². The molecule has 1 aliphatic heterocycles. The SMILES string of the molecule is C[C@@H](O)CCCCCCCCCCCCCCCCCCCCCCC[C@@H](O)CCO[C@H]1O[C@H](CO)[C@@H](O)[C@H](O)[C@H]1O. The molecular weight excluding hydrogens is 536 g/mol. The second kappa shape index (κ2) is 27.0. The Morgan fingerprint density at radius 3 is 1.29 bits per heavy atom. The molecule has 0 spiro atoms. The van der Waals surface area contributed by atoms with Gasteiger partial charge in [0.05, 0.1) is 25.4 Å². The lowest BCUT2D eigenvalue weighted by Crippen LogP contribution is -2.59. The molecule has 0 aromatic heterocycles. The van der Waals surface area contributed by atoms with Gasteiger partial charge >= 0.3 is 0 Å². The normalized spacial score (nSPS) is 24.2. The van der Waals surface area contributed by atoms with Gasteiger partial charge in [-0.1, -0.05) is 135 Å². The van der Waals surface area contributed by atoms with Crippen LogP contribution in [0.25, 0.3) is 0 Å². The van der Waals surface area contributed by atoms with Crippen molar-refractivity contribution in [3.05, 3.63) is 0 Å². The van der Waals surface area contributed by atoms with Crippen LogP contribution in [0, 0.1) is 0 Å². The van der Waals surface area contributed by atoms with Crippen LogP contribution in [0.4, 0.5) is 0 Å². The predicted molar refractivity (Wildman–Crippen MR) is 168 cm³/mol. The maximum absolute atomic E-state index is 10.2. The van der Waals surface area contributed by atoms with E-state index in [4.69, 9.17) is 9.47 Å². The number of aliphatic hydroxyl groups excluding tert-OH is 6. The summed E-state index contributed by atoms with van der Waals surface area (Å²) in [7, 11) is 0. The Hall–Kier alpha value is -0.320. The molecule has 42 heavy (non-hydrogen) atoms. The molecule has 1 heterocycles. The number of ether oxygens (including phenoxy) is 2. The van der Waals surface area contributed by atoms with E-state index in [9.17, 15) is 30.6 Å². The molecule has 0 unspecified atom stereocenters. The van der Waals surface area contributed by atoms with Gasteiger partial charge < -0.3 is 40.1 Å². The van der Waals surface area contributed by atoms with Gasteiger partial charge in [0.25, 0.3) is 0 Å². The van der Waals surface area contributed by atoms with Gasteiger partial charge in [0.15, 0.2) is 6.29 Å². The summed E-state index contributed by atoms with van der Waals surface area (Å²) in [5.41, 5.74) is 0. The molecule has 252 valence electrons. The first-order valence-electron chi connectivity index (χ1n) is 17.6. The minimum absolute atomic E-state index is 0.131. The maximum atomic E-state index is 10.2. The van der Waals surface area contributed by atoms with Crippen LogP contribution < -0.4 is 0 Å². The van der Waals surface area contributed by atoms with Crippen LogP contribution in [-0.4, -0.2) is 86.8 Å². The number of hydrogen-bond acceptors (Lipinski definition) is 8. The van der Waals surface area contributed by atoms with E-state index in [0.29, 0.717) is 12.8 Å². The van der Waals surface area contributed by atoms with Crippen molar-refractivity contribution in [2.75, 3.05) is 13.2 Å². The van der Waals surface area contributed by atoms with Crippen molar-refractivity contribution < 1.29 is 40.1 Å². The van der Waals surface area contributed by atoms with E-state index in [1.54, 1.807) is 0 Å². The molecule has 0 radical (unpaired) electrons. The zero-order valence-corrected chi connectivity index (χ0v) is 26.9. The lowest BCUT2D eigenvalue weighted by molar-refractivity contribution is -0.301. The van der Waals surface area contributed by atoms with Crippen LogP contribution in [-0.2, 0) is 9.47 Å². The summed E-state index contributed by atoms with van der Waals surface area (Å²) in [5.74, 6) is 0. The van der Waals surface area contributed by atoms with Gasteiger partial charge in [0.1, 0.15) is 24.4 Å². The van der Waals surface area contributed by atoms with E-state index in [1.807, 2.05) is 6.92 Å². The first-order valence-corrected chi connectivity index (χ1v) is 17.6. The van der Waals surface area contributed by atoms with Gasteiger partial charge in [0, 0.05) is 0 Å². The molecule has 1 saturated heterocycles. The summed E-state index contributed by atoms with van der Waals surface area (Å²) in [5, 5.41) is 58.3. The van der Waals surface area contributed by atoms with E-state index in [0.717, 1.165) is 19.3 Å². The first-order chi connectivity index (χ1) is 20.4. The summed E-state index contributed by atoms with van der Waals surface area (Å²) in [6.07, 6.45) is 22.7. The van der Waals surface area contributed by atoms with Crippen LogP contribution in [0.1, 0.15) is 161 Å². The van der Waals surface area contributed by atoms with Crippen molar-refractivity contribution in [3.8, 4) is 0 Å². The van der Waals surface area contributed by atoms with Crippen LogP contribution in [0.15, 0.2) is 0 Å². The topological polar surface area (TPSA) is 140 Å². The molecule has 0 bridgehead atoms. The molecule has 1 rings (SSSR count). The van der Waals surface area contributed by atoms with Crippen LogP contribution in [0.3, 0.4) is 0 Å². The third-order valence-corrected chi connectivity index (χ3v) is 8.74. The van der Waals surface area contributed by atoms with Crippen LogP contribution >= 0.6 is 0 Å². The number of aliphatic hydroxyl groups is 6. The van der Waals surface area contributed by atoms with E-state index < -0.39 is 43.4 Å². The largest absolute Gasteiger partial charge is 0.394 e.